The molecule has 6 rings (SSSR count). The summed E-state index contributed by atoms with van der Waals surface area (Å²) in [4.78, 5) is 0. The topological polar surface area (TPSA) is 0 Å². The molecule has 0 nitrogen and oxygen atoms in total. The first-order chi connectivity index (χ1) is 19.6. The number of hydrogen-bond acceptors (Lipinski definition) is 0. The molecular weight excluding hydrogens is 667 g/mol. The maximum absolute atomic E-state index is 4.93. The van der Waals surface area contributed by atoms with Crippen LogP contribution < -0.4 is 0 Å². The van der Waals surface area contributed by atoms with Gasteiger partial charge in [0.25, 0.3) is 0 Å². The van der Waals surface area contributed by atoms with Crippen LogP contribution in [0.5, 0.6) is 0 Å². The third kappa shape index (κ3) is 9.05. The average molecular weight is 703 g/mol. The van der Waals surface area contributed by atoms with Gasteiger partial charge >= 0.3 is 64.8 Å². The van der Waals surface area contributed by atoms with E-state index in [9.17, 15) is 0 Å². The van der Waals surface area contributed by atoms with Crippen LogP contribution in [0, 0.1) is 0 Å². The van der Waals surface area contributed by atoms with E-state index >= 15 is 0 Å². The van der Waals surface area contributed by atoms with Gasteiger partial charge in [-0.25, -0.2) is 0 Å². The van der Waals surface area contributed by atoms with Gasteiger partial charge in [-0.05, 0) is 24.0 Å². The van der Waals surface area contributed by atoms with E-state index in [1.165, 1.54) is 54.9 Å². The van der Waals surface area contributed by atoms with E-state index in [1.54, 1.807) is 0 Å². The van der Waals surface area contributed by atoms with Gasteiger partial charge in [0, 0.05) is 0 Å². The van der Waals surface area contributed by atoms with Crippen LogP contribution in [-0.2, 0) is 33.7 Å². The molecule has 0 heterocycles. The quantitative estimate of drug-likeness (QED) is 0.127. The fourth-order valence-corrected chi connectivity index (χ4v) is 4.74. The van der Waals surface area contributed by atoms with Gasteiger partial charge in [-0.3, -0.25) is 0 Å². The van der Waals surface area contributed by atoms with Gasteiger partial charge in [-0.1, -0.05) is 97.8 Å². The molecule has 6 aromatic rings. The summed E-state index contributed by atoms with van der Waals surface area (Å²) in [6.07, 6.45) is 2.20. The number of hydrogen-bond donors (Lipinski definition) is 0. The van der Waals surface area contributed by atoms with Crippen molar-refractivity contribution in [1.29, 1.82) is 0 Å². The number of halogens is 2. The van der Waals surface area contributed by atoms with Crippen LogP contribution in [0.3, 0.4) is 0 Å². The van der Waals surface area contributed by atoms with Crippen molar-refractivity contribution in [2.24, 2.45) is 0 Å². The Labute approximate surface area is 265 Å². The normalized spacial score (nSPS) is 9.95. The Kier molecular flexibility index (Phi) is 14.5. The first-order valence-corrected chi connectivity index (χ1v) is 24.1. The molecule has 4 heteroatoms. The van der Waals surface area contributed by atoms with Crippen LogP contribution in [0.1, 0.15) is 25.0 Å². The summed E-state index contributed by atoms with van der Waals surface area (Å²) in [5.74, 6) is 4.50. The molecule has 6 aromatic carbocycles. The van der Waals surface area contributed by atoms with Gasteiger partial charge in [0.05, 0.1) is 0 Å². The number of aryl methyl sites for hydroxylation is 2. The molecule has 0 atom stereocenters. The number of fused-ring (bicyclic) bond motifs is 2. The fraction of sp³-hybridized carbons (Fsp3) is 0.167. The van der Waals surface area contributed by atoms with E-state index in [4.69, 9.17) is 17.0 Å². The second-order valence-electron chi connectivity index (χ2n) is 9.35. The van der Waals surface area contributed by atoms with Gasteiger partial charge in [-0.2, -0.15) is 12.1 Å². The van der Waals surface area contributed by atoms with E-state index in [-0.39, 0.29) is 0 Å². The molecule has 0 fully saturated rings. The summed E-state index contributed by atoms with van der Waals surface area (Å²) in [6.45, 7) is 4.41. The number of rotatable bonds is 4. The second-order valence-corrected chi connectivity index (χ2v) is 15.2. The SMILES string of the molecule is CCc1cc2c(-c3ccccc3)cccc2[cH-]1.CCc1cc2c(-c3ccccc3)cccc2[cH-]1.[CH3][Ge][CH3].[Cl][Zr+2][Cl]. The summed E-state index contributed by atoms with van der Waals surface area (Å²) in [7, 11) is 9.87. The Bertz CT molecular complexity index is 1430. The molecule has 0 amide bonds. The molecule has 0 spiro atoms. The van der Waals surface area contributed by atoms with Gasteiger partial charge in [-0.15, -0.1) is 69.1 Å². The molecule has 0 saturated carbocycles. The maximum atomic E-state index is 4.93. The predicted octanol–water partition coefficient (Wildman–Crippen LogP) is 11.7. The summed E-state index contributed by atoms with van der Waals surface area (Å²) in [6, 6.07) is 43.5. The summed E-state index contributed by atoms with van der Waals surface area (Å²) in [5, 5.41) is 5.44. The standard InChI is InChI=1S/2C17H15.C2H6Ge.2ClH.Zr/c2*1-2-13-11-15-9-6-10-16(17(15)12-13)14-7-4-3-5-8-14;1-3-2;;;/h2*3-12H,2H2,1H3;1-2H3;2*1H;/q2*-1;;;;+4/p-2. The van der Waals surface area contributed by atoms with Crippen molar-refractivity contribution >= 4 is 54.0 Å². The molecule has 2 radical (unpaired) electrons. The summed E-state index contributed by atoms with van der Waals surface area (Å²) >= 11 is -0.326. The molecule has 0 N–H and O–H groups in total. The Morgan fingerprint density at radius 1 is 0.575 bits per heavy atom. The van der Waals surface area contributed by atoms with Gasteiger partial charge in [0.2, 0.25) is 0 Å². The second kappa shape index (κ2) is 17.8. The molecule has 40 heavy (non-hydrogen) atoms. The van der Waals surface area contributed by atoms with Crippen LogP contribution in [0.4, 0.5) is 0 Å². The van der Waals surface area contributed by atoms with Crippen molar-refractivity contribution in [2.75, 3.05) is 0 Å². The van der Waals surface area contributed by atoms with Gasteiger partial charge < -0.3 is 0 Å². The minimum atomic E-state index is -0.826. The minimum absolute atomic E-state index is 0.500. The van der Waals surface area contributed by atoms with E-state index in [2.05, 4.69) is 147 Å². The van der Waals surface area contributed by atoms with Crippen molar-refractivity contribution in [3.8, 4) is 22.3 Å². The average Bonchev–Trinajstić information content (AvgIpc) is 3.63. The van der Waals surface area contributed by atoms with Crippen molar-refractivity contribution in [2.45, 2.75) is 38.2 Å². The molecule has 0 bridgehead atoms. The van der Waals surface area contributed by atoms with Crippen molar-refractivity contribution < 1.29 is 20.8 Å². The van der Waals surface area contributed by atoms with E-state index in [0.29, 0.717) is 15.4 Å². The van der Waals surface area contributed by atoms with Crippen molar-refractivity contribution in [1.82, 2.24) is 0 Å². The van der Waals surface area contributed by atoms with Crippen LogP contribution in [0.25, 0.3) is 43.8 Å². The van der Waals surface area contributed by atoms with Crippen LogP contribution >= 0.6 is 17.0 Å². The summed E-state index contributed by atoms with van der Waals surface area (Å²) < 4.78 is 0. The molecular formula is C36H36Cl2GeZr. The molecule has 0 aliphatic carbocycles. The van der Waals surface area contributed by atoms with Gasteiger partial charge in [0.1, 0.15) is 0 Å². The third-order valence-electron chi connectivity index (χ3n) is 6.61. The monoisotopic (exact) mass is 702 g/mol. The Morgan fingerprint density at radius 2 is 0.925 bits per heavy atom. The zero-order valence-corrected chi connectivity index (χ0v) is 29.8. The first kappa shape index (κ1) is 32.6. The molecule has 0 aliphatic heterocycles. The summed E-state index contributed by atoms with van der Waals surface area (Å²) in [5.41, 5.74) is 8.11. The van der Waals surface area contributed by atoms with E-state index < -0.39 is 20.8 Å². The van der Waals surface area contributed by atoms with Crippen molar-refractivity contribution in [3.63, 3.8) is 0 Å². The Morgan fingerprint density at radius 3 is 1.25 bits per heavy atom. The fourth-order valence-electron chi connectivity index (χ4n) is 4.74. The van der Waals surface area contributed by atoms with Crippen LogP contribution in [-0.4, -0.2) is 15.4 Å². The first-order valence-electron chi connectivity index (χ1n) is 13.6. The molecule has 0 aromatic heterocycles. The van der Waals surface area contributed by atoms with E-state index in [0.717, 1.165) is 12.8 Å². The number of benzene rings is 4. The molecule has 0 unspecified atom stereocenters. The van der Waals surface area contributed by atoms with E-state index in [1.807, 2.05) is 0 Å². The third-order valence-corrected chi connectivity index (χ3v) is 6.61. The molecule has 202 valence electrons. The predicted molar refractivity (Wildman–Crippen MR) is 178 cm³/mol. The zero-order valence-electron chi connectivity index (χ0n) is 23.7. The van der Waals surface area contributed by atoms with Crippen LogP contribution in [0.15, 0.2) is 121 Å². The van der Waals surface area contributed by atoms with Crippen molar-refractivity contribution in [3.05, 3.63) is 132 Å². The van der Waals surface area contributed by atoms with Gasteiger partial charge in [0.15, 0.2) is 0 Å². The molecule has 0 aliphatic rings. The Hall–Kier alpha value is -1.89. The Balaban J connectivity index is 0.000000185. The molecule has 0 saturated heterocycles. The zero-order chi connectivity index (χ0) is 28.7. The van der Waals surface area contributed by atoms with Crippen LogP contribution in [0.2, 0.25) is 11.5 Å².